The van der Waals surface area contributed by atoms with Crippen molar-refractivity contribution < 1.29 is 9.15 Å². The number of hydrogen-bond donors (Lipinski definition) is 1. The Labute approximate surface area is 128 Å². The molecule has 0 radical (unpaired) electrons. The van der Waals surface area contributed by atoms with Crippen LogP contribution in [0.2, 0.25) is 0 Å². The van der Waals surface area contributed by atoms with E-state index in [1.807, 2.05) is 17.8 Å². The zero-order valence-corrected chi connectivity index (χ0v) is 13.2. The molecule has 0 saturated carbocycles. The van der Waals surface area contributed by atoms with Gasteiger partial charge in [0.1, 0.15) is 22.4 Å². The van der Waals surface area contributed by atoms with Crippen molar-refractivity contribution in [2.24, 2.45) is 0 Å². The molecule has 0 atom stereocenters. The minimum Gasteiger partial charge on any atom is -0.492 e. The third-order valence-corrected chi connectivity index (χ3v) is 3.84. The number of ether oxygens (including phenoxy) is 1. The zero-order valence-electron chi connectivity index (χ0n) is 13.2. The number of fused-ring (bicyclic) bond motifs is 2. The summed E-state index contributed by atoms with van der Waals surface area (Å²) >= 11 is 0. The number of nitrogens with one attached hydrogen (secondary N) is 1. The highest BCUT2D eigenvalue weighted by Crippen LogP contribution is 2.32. The molecule has 0 aliphatic carbocycles. The maximum atomic E-state index is 12.1. The number of unbranched alkanes of at least 4 members (excludes halogenated alkanes) is 2. The van der Waals surface area contributed by atoms with Gasteiger partial charge in [0.15, 0.2) is 5.65 Å². The fraction of sp³-hybridized carbons (Fsp3) is 0.500. The molecule has 3 aromatic heterocycles. The molecule has 0 aliphatic heterocycles. The van der Waals surface area contributed by atoms with Gasteiger partial charge in [0, 0.05) is 12.7 Å². The maximum Gasteiger partial charge on any atom is 0.349 e. The van der Waals surface area contributed by atoms with Crippen molar-refractivity contribution in [1.29, 1.82) is 0 Å². The van der Waals surface area contributed by atoms with Crippen molar-refractivity contribution in [3.8, 4) is 5.75 Å². The van der Waals surface area contributed by atoms with E-state index in [2.05, 4.69) is 17.0 Å². The van der Waals surface area contributed by atoms with Crippen LogP contribution in [-0.4, -0.2) is 21.4 Å². The van der Waals surface area contributed by atoms with Crippen LogP contribution in [-0.2, 0) is 6.54 Å². The first kappa shape index (κ1) is 14.7. The van der Waals surface area contributed by atoms with E-state index in [4.69, 9.17) is 9.15 Å². The molecule has 0 unspecified atom stereocenters. The summed E-state index contributed by atoms with van der Waals surface area (Å²) in [5, 5.41) is 4.48. The summed E-state index contributed by atoms with van der Waals surface area (Å²) in [6.07, 6.45) is 5.27. The van der Waals surface area contributed by atoms with Gasteiger partial charge in [-0.05, 0) is 20.3 Å². The van der Waals surface area contributed by atoms with Gasteiger partial charge >= 0.3 is 5.63 Å². The molecule has 0 aliphatic rings. The Hall–Kier alpha value is -2.24. The second kappa shape index (κ2) is 5.87. The molecule has 3 aromatic rings. The summed E-state index contributed by atoms with van der Waals surface area (Å²) in [7, 11) is 0. The normalized spacial score (nSPS) is 11.6. The lowest BCUT2D eigenvalue weighted by Crippen LogP contribution is -2.03. The Morgan fingerprint density at radius 1 is 1.36 bits per heavy atom. The number of furan rings is 1. The van der Waals surface area contributed by atoms with Crippen molar-refractivity contribution in [3.05, 3.63) is 22.4 Å². The maximum absolute atomic E-state index is 12.1. The number of pyridine rings is 1. The quantitative estimate of drug-likeness (QED) is 0.709. The fourth-order valence-electron chi connectivity index (χ4n) is 2.77. The third kappa shape index (κ3) is 2.28. The molecule has 6 nitrogen and oxygen atoms in total. The standard InChI is InChI=1S/C16H21N3O3/c1-4-6-7-8-19-15-11(9-17-19)14(21-5-2)12-13(18-15)10(3)22-16(12)20/h9,17H,4-8H2,1-3H3. The average molecular weight is 303 g/mol. The molecule has 0 spiro atoms. The second-order valence-electron chi connectivity index (χ2n) is 5.41. The van der Waals surface area contributed by atoms with E-state index in [1.54, 1.807) is 6.92 Å². The number of aryl methyl sites for hydroxylation is 2. The number of hydrogen-bond acceptors (Lipinski definition) is 4. The van der Waals surface area contributed by atoms with Crippen LogP contribution in [0.4, 0.5) is 0 Å². The molecule has 0 aromatic carbocycles. The van der Waals surface area contributed by atoms with Crippen LogP contribution in [0.25, 0.3) is 21.9 Å². The van der Waals surface area contributed by atoms with E-state index in [-0.39, 0.29) is 5.63 Å². The van der Waals surface area contributed by atoms with E-state index < -0.39 is 0 Å². The average Bonchev–Trinajstić information content (AvgIpc) is 3.02. The summed E-state index contributed by atoms with van der Waals surface area (Å²) in [6.45, 7) is 7.18. The van der Waals surface area contributed by atoms with Gasteiger partial charge in [-0.3, -0.25) is 4.68 Å². The minimum absolute atomic E-state index is 0.385. The number of H-pyrrole nitrogens is 1. The van der Waals surface area contributed by atoms with Crippen LogP contribution < -0.4 is 10.4 Å². The third-order valence-electron chi connectivity index (χ3n) is 3.84. The van der Waals surface area contributed by atoms with Crippen LogP contribution in [0.5, 0.6) is 5.75 Å². The smallest absolute Gasteiger partial charge is 0.349 e. The molecule has 22 heavy (non-hydrogen) atoms. The van der Waals surface area contributed by atoms with Gasteiger partial charge in [-0.25, -0.2) is 9.78 Å². The Bertz CT molecular complexity index is 857. The highest BCUT2D eigenvalue weighted by atomic mass is 16.5. The van der Waals surface area contributed by atoms with Crippen molar-refractivity contribution in [2.45, 2.75) is 46.6 Å². The van der Waals surface area contributed by atoms with Crippen LogP contribution in [0, 0.1) is 6.92 Å². The topological polar surface area (TPSA) is 73.0 Å². The molecule has 0 amide bonds. The molecule has 3 heterocycles. The SMILES string of the molecule is CCCCCn1[nH]cc2c(OCC)c3c(=O)oc(C)c3nc21. The minimum atomic E-state index is -0.385. The first-order valence-corrected chi connectivity index (χ1v) is 7.81. The van der Waals surface area contributed by atoms with Gasteiger partial charge in [0.25, 0.3) is 0 Å². The Balaban J connectivity index is 2.22. The van der Waals surface area contributed by atoms with E-state index >= 15 is 0 Å². The predicted molar refractivity (Wildman–Crippen MR) is 85.6 cm³/mol. The van der Waals surface area contributed by atoms with Crippen molar-refractivity contribution in [3.63, 3.8) is 0 Å². The summed E-state index contributed by atoms with van der Waals surface area (Å²) < 4.78 is 12.9. The summed E-state index contributed by atoms with van der Waals surface area (Å²) in [5.74, 6) is 1.10. The Morgan fingerprint density at radius 2 is 2.18 bits per heavy atom. The molecule has 0 fully saturated rings. The molecule has 0 bridgehead atoms. The predicted octanol–water partition coefficient (Wildman–Crippen LogP) is 3.37. The van der Waals surface area contributed by atoms with Crippen LogP contribution in [0.3, 0.4) is 0 Å². The van der Waals surface area contributed by atoms with Gasteiger partial charge in [-0.15, -0.1) is 0 Å². The lowest BCUT2D eigenvalue weighted by Gasteiger charge is -2.07. The number of aromatic nitrogens is 3. The molecular formula is C16H21N3O3. The Morgan fingerprint density at radius 3 is 2.91 bits per heavy atom. The number of nitrogens with zero attached hydrogens (tertiary/aromatic N) is 2. The largest absolute Gasteiger partial charge is 0.492 e. The van der Waals surface area contributed by atoms with Crippen LogP contribution in [0.15, 0.2) is 15.4 Å². The Kier molecular flexibility index (Phi) is 3.92. The van der Waals surface area contributed by atoms with Crippen LogP contribution >= 0.6 is 0 Å². The van der Waals surface area contributed by atoms with Crippen LogP contribution in [0.1, 0.15) is 38.9 Å². The first-order valence-electron chi connectivity index (χ1n) is 7.81. The van der Waals surface area contributed by atoms with Gasteiger partial charge in [-0.2, -0.15) is 0 Å². The molecule has 118 valence electrons. The molecule has 3 rings (SSSR count). The molecule has 0 saturated heterocycles. The van der Waals surface area contributed by atoms with Crippen molar-refractivity contribution >= 4 is 21.9 Å². The first-order chi connectivity index (χ1) is 10.7. The highest BCUT2D eigenvalue weighted by Gasteiger charge is 2.20. The molecular weight excluding hydrogens is 282 g/mol. The summed E-state index contributed by atoms with van der Waals surface area (Å²) in [6, 6.07) is 0. The number of rotatable bonds is 6. The van der Waals surface area contributed by atoms with E-state index in [1.165, 1.54) is 12.8 Å². The monoisotopic (exact) mass is 303 g/mol. The summed E-state index contributed by atoms with van der Waals surface area (Å²) in [4.78, 5) is 16.7. The van der Waals surface area contributed by atoms with Gasteiger partial charge in [0.2, 0.25) is 0 Å². The lowest BCUT2D eigenvalue weighted by atomic mass is 10.2. The van der Waals surface area contributed by atoms with Gasteiger partial charge in [0.05, 0.1) is 12.0 Å². The van der Waals surface area contributed by atoms with Crippen molar-refractivity contribution in [1.82, 2.24) is 14.8 Å². The van der Waals surface area contributed by atoms with Crippen molar-refractivity contribution in [2.75, 3.05) is 6.61 Å². The highest BCUT2D eigenvalue weighted by molar-refractivity contribution is 6.00. The lowest BCUT2D eigenvalue weighted by molar-refractivity contribution is 0.347. The zero-order chi connectivity index (χ0) is 15.7. The molecule has 1 N–H and O–H groups in total. The fourth-order valence-corrected chi connectivity index (χ4v) is 2.77. The van der Waals surface area contributed by atoms with E-state index in [0.717, 1.165) is 24.0 Å². The van der Waals surface area contributed by atoms with Gasteiger partial charge in [-0.1, -0.05) is 19.8 Å². The second-order valence-corrected chi connectivity index (χ2v) is 5.41. The van der Waals surface area contributed by atoms with E-state index in [0.29, 0.717) is 29.0 Å². The summed E-state index contributed by atoms with van der Waals surface area (Å²) in [5.41, 5.74) is 1.00. The van der Waals surface area contributed by atoms with E-state index in [9.17, 15) is 4.79 Å². The number of aromatic amines is 1. The van der Waals surface area contributed by atoms with Gasteiger partial charge < -0.3 is 14.3 Å². The molecule has 6 heteroatoms.